The lowest BCUT2D eigenvalue weighted by molar-refractivity contribution is 0.567. The maximum absolute atomic E-state index is 2.67. The smallest absolute Gasteiger partial charge is 0.0762 e. The fourth-order valence-electron chi connectivity index (χ4n) is 8.02. The Labute approximate surface area is 253 Å². The zero-order chi connectivity index (χ0) is 29.4. The Balaban J connectivity index is 1.51. The van der Waals surface area contributed by atoms with Gasteiger partial charge in [0.2, 0.25) is 0 Å². The highest BCUT2D eigenvalue weighted by Crippen LogP contribution is 2.60. The molecule has 0 aliphatic heterocycles. The first-order valence-corrected chi connectivity index (χ1v) is 19.1. The molecule has 3 atom stereocenters. The van der Waals surface area contributed by atoms with Crippen LogP contribution in [0.25, 0.3) is 27.5 Å². The van der Waals surface area contributed by atoms with E-state index in [9.17, 15) is 0 Å². The van der Waals surface area contributed by atoms with Gasteiger partial charge in [0.05, 0.1) is 8.07 Å². The molecule has 3 unspecified atom stereocenters. The highest BCUT2D eigenvalue weighted by Gasteiger charge is 2.43. The van der Waals surface area contributed by atoms with Gasteiger partial charge in [-0.1, -0.05) is 160 Å². The van der Waals surface area contributed by atoms with Gasteiger partial charge in [-0.2, -0.15) is 0 Å². The van der Waals surface area contributed by atoms with Crippen LogP contribution in [0.4, 0.5) is 0 Å². The number of benzene rings is 4. The molecule has 0 bridgehead atoms. The summed E-state index contributed by atoms with van der Waals surface area (Å²) in [5.41, 5.74) is 16.1. The SMILES string of the molecule is CC1=C(C2C=C(C(C)(C)C)c3ccccc32)c2c(-c3ccccc3)cccc2C1C1C=C([Si](C)(C)C)c2ccccc21. The van der Waals surface area contributed by atoms with Gasteiger partial charge in [-0.3, -0.25) is 0 Å². The molecule has 0 radical (unpaired) electrons. The summed E-state index contributed by atoms with van der Waals surface area (Å²) in [6, 6.07) is 36.5. The van der Waals surface area contributed by atoms with E-state index < -0.39 is 8.07 Å². The molecule has 42 heavy (non-hydrogen) atoms. The van der Waals surface area contributed by atoms with Crippen LogP contribution in [0.5, 0.6) is 0 Å². The molecule has 0 amide bonds. The van der Waals surface area contributed by atoms with Crippen LogP contribution in [0.2, 0.25) is 19.6 Å². The molecule has 0 fully saturated rings. The van der Waals surface area contributed by atoms with Crippen molar-refractivity contribution in [3.05, 3.63) is 148 Å². The van der Waals surface area contributed by atoms with Crippen molar-refractivity contribution in [2.24, 2.45) is 5.41 Å². The van der Waals surface area contributed by atoms with Crippen molar-refractivity contribution >= 4 is 24.4 Å². The summed E-state index contributed by atoms with van der Waals surface area (Å²) in [7, 11) is -1.53. The molecule has 0 spiro atoms. The molecule has 210 valence electrons. The van der Waals surface area contributed by atoms with Crippen molar-refractivity contribution in [2.75, 3.05) is 0 Å². The van der Waals surface area contributed by atoms with Crippen molar-refractivity contribution in [1.82, 2.24) is 0 Å². The minimum Gasteiger partial charge on any atom is -0.0762 e. The Morgan fingerprint density at radius 2 is 1.19 bits per heavy atom. The molecule has 0 N–H and O–H groups in total. The van der Waals surface area contributed by atoms with Gasteiger partial charge in [0, 0.05) is 17.8 Å². The average Bonchev–Trinajstić information content (AvgIpc) is 3.62. The fourth-order valence-corrected chi connectivity index (χ4v) is 9.74. The summed E-state index contributed by atoms with van der Waals surface area (Å²) < 4.78 is 0. The van der Waals surface area contributed by atoms with Crippen molar-refractivity contribution < 1.29 is 0 Å². The first-order chi connectivity index (χ1) is 20.1. The highest BCUT2D eigenvalue weighted by molar-refractivity contribution is 6.93. The van der Waals surface area contributed by atoms with E-state index in [1.54, 1.807) is 5.20 Å². The van der Waals surface area contributed by atoms with Crippen LogP contribution in [-0.4, -0.2) is 8.07 Å². The first-order valence-electron chi connectivity index (χ1n) is 15.6. The summed E-state index contributed by atoms with van der Waals surface area (Å²) in [6.45, 7) is 17.0. The van der Waals surface area contributed by atoms with Crippen LogP contribution in [0.1, 0.15) is 78.8 Å². The largest absolute Gasteiger partial charge is 0.0780 e. The van der Waals surface area contributed by atoms with Crippen LogP contribution in [0.3, 0.4) is 0 Å². The summed E-state index contributed by atoms with van der Waals surface area (Å²) in [4.78, 5) is 0. The van der Waals surface area contributed by atoms with E-state index in [0.717, 1.165) is 0 Å². The molecule has 1 heteroatoms. The number of rotatable bonds is 4. The van der Waals surface area contributed by atoms with E-state index in [2.05, 4.69) is 157 Å². The molecule has 3 aliphatic carbocycles. The molecular formula is C41H42Si. The number of hydrogen-bond donors (Lipinski definition) is 0. The zero-order valence-corrected chi connectivity index (χ0v) is 27.1. The van der Waals surface area contributed by atoms with Gasteiger partial charge >= 0.3 is 0 Å². The average molecular weight is 563 g/mol. The predicted molar refractivity (Wildman–Crippen MR) is 184 cm³/mol. The van der Waals surface area contributed by atoms with Gasteiger partial charge in [-0.25, -0.2) is 0 Å². The van der Waals surface area contributed by atoms with Crippen molar-refractivity contribution in [3.63, 3.8) is 0 Å². The van der Waals surface area contributed by atoms with Gasteiger partial charge < -0.3 is 0 Å². The lowest BCUT2D eigenvalue weighted by Gasteiger charge is -2.23. The summed E-state index contributed by atoms with van der Waals surface area (Å²) in [5, 5.41) is 1.62. The number of fused-ring (bicyclic) bond motifs is 3. The topological polar surface area (TPSA) is 0 Å². The second-order valence-corrected chi connectivity index (χ2v) is 19.6. The lowest BCUT2D eigenvalue weighted by atomic mass is 9.80. The van der Waals surface area contributed by atoms with E-state index in [1.807, 2.05) is 0 Å². The zero-order valence-electron chi connectivity index (χ0n) is 26.1. The van der Waals surface area contributed by atoms with Crippen LogP contribution in [0.15, 0.2) is 115 Å². The molecule has 7 rings (SSSR count). The van der Waals surface area contributed by atoms with Gasteiger partial charge in [0.1, 0.15) is 0 Å². The second-order valence-electron chi connectivity index (χ2n) is 14.5. The van der Waals surface area contributed by atoms with E-state index in [1.165, 1.54) is 61.2 Å². The van der Waals surface area contributed by atoms with E-state index in [0.29, 0.717) is 11.8 Å². The first kappa shape index (κ1) is 27.2. The van der Waals surface area contributed by atoms with Gasteiger partial charge in [0.15, 0.2) is 0 Å². The standard InChI is InChI=1S/C41H42Si/c1-26-38(35-25-37(42(5,6)7)32-21-14-12-19-30(32)35)33-23-15-22-28(27-16-9-8-10-17-27)40(33)39(26)34-24-36(41(2,3)4)31-20-13-11-18-29(31)34/h8-25,34-35,38H,1-7H3. The molecule has 4 aromatic rings. The molecule has 0 heterocycles. The van der Waals surface area contributed by atoms with Gasteiger partial charge in [-0.15, -0.1) is 0 Å². The van der Waals surface area contributed by atoms with Crippen molar-refractivity contribution in [2.45, 2.75) is 65.1 Å². The molecule has 4 aromatic carbocycles. The second kappa shape index (κ2) is 9.68. The van der Waals surface area contributed by atoms with Crippen LogP contribution in [-0.2, 0) is 0 Å². The Bertz CT molecular complexity index is 1800. The quantitative estimate of drug-likeness (QED) is 0.217. The third kappa shape index (κ3) is 4.16. The minimum absolute atomic E-state index is 0.0818. The third-order valence-corrected chi connectivity index (χ3v) is 11.9. The molecule has 0 nitrogen and oxygen atoms in total. The number of allylic oxidation sites excluding steroid dienone is 5. The minimum atomic E-state index is -1.53. The number of hydrogen-bond acceptors (Lipinski definition) is 0. The molecule has 0 saturated heterocycles. The van der Waals surface area contributed by atoms with Crippen LogP contribution < -0.4 is 0 Å². The maximum atomic E-state index is 2.67. The lowest BCUT2D eigenvalue weighted by Crippen LogP contribution is -2.21. The van der Waals surface area contributed by atoms with Crippen molar-refractivity contribution in [1.29, 1.82) is 0 Å². The highest BCUT2D eigenvalue weighted by atomic mass is 28.3. The Morgan fingerprint density at radius 3 is 1.88 bits per heavy atom. The van der Waals surface area contributed by atoms with Crippen LogP contribution in [0, 0.1) is 5.41 Å². The van der Waals surface area contributed by atoms with Crippen LogP contribution >= 0.6 is 0 Å². The Hall–Kier alpha value is -3.68. The molecular weight excluding hydrogens is 521 g/mol. The molecule has 0 saturated carbocycles. The monoisotopic (exact) mass is 562 g/mol. The van der Waals surface area contributed by atoms with E-state index in [4.69, 9.17) is 0 Å². The molecule has 0 aromatic heterocycles. The summed E-state index contributed by atoms with van der Waals surface area (Å²) in [5.74, 6) is 0.932. The maximum Gasteiger partial charge on any atom is 0.0780 e. The summed E-state index contributed by atoms with van der Waals surface area (Å²) in [6.07, 6.45) is 5.27. The third-order valence-electron chi connectivity index (χ3n) is 9.84. The fraction of sp³-hybridized carbons (Fsp3) is 0.268. The summed E-state index contributed by atoms with van der Waals surface area (Å²) >= 11 is 0. The Morgan fingerprint density at radius 1 is 0.595 bits per heavy atom. The normalized spacial score (nSPS) is 21.2. The van der Waals surface area contributed by atoms with E-state index >= 15 is 0 Å². The Kier molecular flexibility index (Phi) is 6.26. The van der Waals surface area contributed by atoms with Gasteiger partial charge in [0.25, 0.3) is 0 Å². The predicted octanol–water partition coefficient (Wildman–Crippen LogP) is 11.5. The van der Waals surface area contributed by atoms with E-state index in [-0.39, 0.29) is 11.3 Å². The van der Waals surface area contributed by atoms with Crippen molar-refractivity contribution in [3.8, 4) is 11.1 Å². The molecule has 3 aliphatic rings. The van der Waals surface area contributed by atoms with Gasteiger partial charge in [-0.05, 0) is 68.0 Å².